The van der Waals surface area contributed by atoms with Gasteiger partial charge in [0.2, 0.25) is 0 Å². The van der Waals surface area contributed by atoms with Gasteiger partial charge in [0, 0.05) is 6.04 Å². The van der Waals surface area contributed by atoms with Crippen molar-refractivity contribution in [3.05, 3.63) is 123 Å². The minimum absolute atomic E-state index is 0.0528. The van der Waals surface area contributed by atoms with E-state index in [4.69, 9.17) is 37.4 Å². The van der Waals surface area contributed by atoms with Gasteiger partial charge < -0.3 is 19.3 Å². The van der Waals surface area contributed by atoms with Crippen molar-refractivity contribution in [2.24, 2.45) is 0 Å². The molecule has 6 nitrogen and oxygen atoms in total. The van der Waals surface area contributed by atoms with Gasteiger partial charge in [-0.3, -0.25) is 10.1 Å². The zero-order valence-electron chi connectivity index (χ0n) is 22.6. The van der Waals surface area contributed by atoms with E-state index in [1.165, 1.54) is 0 Å². The van der Waals surface area contributed by atoms with Crippen LogP contribution in [0, 0.1) is 0 Å². The average molecular weight is 593 g/mol. The molecule has 212 valence electrons. The third-order valence-electron chi connectivity index (χ3n) is 7.06. The number of fused-ring (bicyclic) bond motifs is 1. The molecule has 0 fully saturated rings. The Morgan fingerprint density at radius 3 is 2.41 bits per heavy atom. The molecular formula is C33H31Cl2NO5. The lowest BCUT2D eigenvalue weighted by Crippen LogP contribution is -2.40. The lowest BCUT2D eigenvalue weighted by molar-refractivity contribution is -0.139. The molecule has 0 saturated heterocycles. The number of benzene rings is 4. The van der Waals surface area contributed by atoms with Gasteiger partial charge in [-0.15, -0.1) is 0 Å². The van der Waals surface area contributed by atoms with Crippen molar-refractivity contribution in [3.8, 4) is 17.2 Å². The number of ether oxygens (including phenoxy) is 3. The summed E-state index contributed by atoms with van der Waals surface area (Å²) in [6.45, 7) is 2.76. The van der Waals surface area contributed by atoms with Gasteiger partial charge in [-0.1, -0.05) is 84.7 Å². The first-order valence-corrected chi connectivity index (χ1v) is 14.3. The molecule has 4 aromatic carbocycles. The predicted molar refractivity (Wildman–Crippen MR) is 160 cm³/mol. The van der Waals surface area contributed by atoms with Crippen molar-refractivity contribution >= 4 is 29.2 Å². The molecule has 0 bridgehead atoms. The number of hydrogen-bond acceptors (Lipinski definition) is 5. The van der Waals surface area contributed by atoms with Crippen molar-refractivity contribution in [2.45, 2.75) is 44.6 Å². The van der Waals surface area contributed by atoms with E-state index in [1.54, 1.807) is 12.1 Å². The molecule has 0 amide bonds. The highest BCUT2D eigenvalue weighted by Gasteiger charge is 2.26. The lowest BCUT2D eigenvalue weighted by Gasteiger charge is -2.28. The van der Waals surface area contributed by atoms with Crippen molar-refractivity contribution in [1.29, 1.82) is 0 Å². The largest absolute Gasteiger partial charge is 0.489 e. The molecule has 1 aliphatic heterocycles. The molecule has 0 aromatic heterocycles. The Morgan fingerprint density at radius 1 is 0.951 bits per heavy atom. The van der Waals surface area contributed by atoms with Crippen molar-refractivity contribution < 1.29 is 24.1 Å². The monoisotopic (exact) mass is 591 g/mol. The molecule has 4 aromatic rings. The molecule has 1 aliphatic rings. The maximum absolute atomic E-state index is 12.1. The molecule has 1 heterocycles. The number of nitrogens with one attached hydrogen (secondary N) is 1. The number of carboxylic acid groups (broad SMARTS) is 1. The first-order valence-electron chi connectivity index (χ1n) is 13.5. The fourth-order valence-corrected chi connectivity index (χ4v) is 5.13. The number of hydrogen-bond donors (Lipinski definition) is 2. The third kappa shape index (κ3) is 7.33. The second-order valence-corrected chi connectivity index (χ2v) is 10.8. The topological polar surface area (TPSA) is 77.0 Å². The van der Waals surface area contributed by atoms with Gasteiger partial charge in [0.1, 0.15) is 25.0 Å². The van der Waals surface area contributed by atoms with E-state index in [9.17, 15) is 9.90 Å². The van der Waals surface area contributed by atoms with Gasteiger partial charge >= 0.3 is 5.97 Å². The van der Waals surface area contributed by atoms with E-state index in [1.807, 2.05) is 85.8 Å². The van der Waals surface area contributed by atoms with E-state index in [0.29, 0.717) is 41.2 Å². The maximum Gasteiger partial charge on any atom is 0.321 e. The van der Waals surface area contributed by atoms with Crippen molar-refractivity contribution in [3.63, 3.8) is 0 Å². The Bertz CT molecular complexity index is 1480. The summed E-state index contributed by atoms with van der Waals surface area (Å²) < 4.78 is 18.2. The van der Waals surface area contributed by atoms with Crippen LogP contribution in [0.5, 0.6) is 17.2 Å². The molecule has 41 heavy (non-hydrogen) atoms. The van der Waals surface area contributed by atoms with Crippen LogP contribution in [0.4, 0.5) is 0 Å². The second kappa shape index (κ2) is 13.3. The van der Waals surface area contributed by atoms with Crippen LogP contribution in [-0.4, -0.2) is 23.7 Å². The lowest BCUT2D eigenvalue weighted by atomic mass is 10.00. The first kappa shape index (κ1) is 28.8. The predicted octanol–water partition coefficient (Wildman–Crippen LogP) is 7.82. The summed E-state index contributed by atoms with van der Waals surface area (Å²) in [5.41, 5.74) is 3.82. The van der Waals surface area contributed by atoms with Crippen molar-refractivity contribution in [2.75, 3.05) is 6.61 Å². The van der Waals surface area contributed by atoms with Crippen molar-refractivity contribution in [1.82, 2.24) is 5.32 Å². The second-order valence-electron chi connectivity index (χ2n) is 9.94. The highest BCUT2D eigenvalue weighted by Crippen LogP contribution is 2.37. The molecule has 5 rings (SSSR count). The van der Waals surface area contributed by atoms with Gasteiger partial charge in [0.15, 0.2) is 17.6 Å². The number of halogens is 2. The zero-order valence-corrected chi connectivity index (χ0v) is 24.1. The van der Waals surface area contributed by atoms with Crippen LogP contribution in [0.1, 0.15) is 47.7 Å². The van der Waals surface area contributed by atoms with Gasteiger partial charge in [-0.25, -0.2) is 0 Å². The van der Waals surface area contributed by atoms with Crippen LogP contribution in [0.3, 0.4) is 0 Å². The highest BCUT2D eigenvalue weighted by atomic mass is 35.5. The summed E-state index contributed by atoms with van der Waals surface area (Å²) in [5.74, 6) is 1.07. The Hall–Kier alpha value is -3.71. The fraction of sp³-hybridized carbons (Fsp3) is 0.242. The van der Waals surface area contributed by atoms with Crippen LogP contribution in [-0.2, 0) is 17.8 Å². The minimum Gasteiger partial charge on any atom is -0.489 e. The SMILES string of the molecule is CCC(NC(Cc1ccc2c(c1)OCC(c1ccc(OCc3ccc(Cl)c(Cl)c3)cc1)O2)C(=O)O)c1ccccc1. The van der Waals surface area contributed by atoms with Gasteiger partial charge in [-0.05, 0) is 71.5 Å². The summed E-state index contributed by atoms with van der Waals surface area (Å²) in [7, 11) is 0. The third-order valence-corrected chi connectivity index (χ3v) is 7.80. The summed E-state index contributed by atoms with van der Waals surface area (Å²) in [4.78, 5) is 12.1. The maximum atomic E-state index is 12.1. The fourth-order valence-electron chi connectivity index (χ4n) is 4.81. The zero-order chi connectivity index (χ0) is 28.8. The molecule has 0 radical (unpaired) electrons. The normalized spacial score (nSPS) is 15.6. The Labute approximate surface area is 249 Å². The van der Waals surface area contributed by atoms with E-state index < -0.39 is 12.0 Å². The first-order chi connectivity index (χ1) is 19.9. The number of carbonyl (C=O) groups is 1. The Kier molecular flexibility index (Phi) is 9.35. The molecule has 3 unspecified atom stereocenters. The highest BCUT2D eigenvalue weighted by molar-refractivity contribution is 6.42. The molecule has 8 heteroatoms. The standard InChI is InChI=1S/C33H31Cl2NO5/c1-2-28(23-6-4-3-5-7-23)36-29(33(37)38)17-21-9-15-30-31(18-21)40-20-32(41-30)24-10-12-25(13-11-24)39-19-22-8-14-26(34)27(35)16-22/h3-16,18,28-29,32,36H,2,17,19-20H2,1H3,(H,37,38). The summed E-state index contributed by atoms with van der Waals surface area (Å²) in [6.07, 6.45) is 0.824. The number of carboxylic acids is 1. The van der Waals surface area contributed by atoms with E-state index >= 15 is 0 Å². The van der Waals surface area contributed by atoms with E-state index in [-0.39, 0.29) is 12.1 Å². The summed E-state index contributed by atoms with van der Waals surface area (Å²) in [5, 5.41) is 14.2. The molecular weight excluding hydrogens is 561 g/mol. The smallest absolute Gasteiger partial charge is 0.321 e. The van der Waals surface area contributed by atoms with Crippen LogP contribution in [0.2, 0.25) is 10.0 Å². The van der Waals surface area contributed by atoms with Gasteiger partial charge in [0.25, 0.3) is 0 Å². The molecule has 0 saturated carbocycles. The molecule has 0 aliphatic carbocycles. The number of rotatable bonds is 11. The van der Waals surface area contributed by atoms with Gasteiger partial charge in [-0.2, -0.15) is 0 Å². The van der Waals surface area contributed by atoms with E-state index in [2.05, 4.69) is 5.32 Å². The molecule has 0 spiro atoms. The Morgan fingerprint density at radius 2 is 1.71 bits per heavy atom. The Balaban J connectivity index is 1.19. The van der Waals surface area contributed by atoms with Crippen LogP contribution in [0.25, 0.3) is 0 Å². The number of aliphatic carboxylic acids is 1. The van der Waals surface area contributed by atoms with Crippen LogP contribution in [0.15, 0.2) is 91.0 Å². The van der Waals surface area contributed by atoms with Crippen LogP contribution >= 0.6 is 23.2 Å². The minimum atomic E-state index is -0.890. The van der Waals surface area contributed by atoms with E-state index in [0.717, 1.165) is 34.4 Å². The summed E-state index contributed by atoms with van der Waals surface area (Å²) in [6, 6.07) is 27.8. The molecule has 3 atom stereocenters. The average Bonchev–Trinajstić information content (AvgIpc) is 3.00. The summed E-state index contributed by atoms with van der Waals surface area (Å²) >= 11 is 12.1. The quantitative estimate of drug-likeness (QED) is 0.185. The van der Waals surface area contributed by atoms with Crippen LogP contribution < -0.4 is 19.5 Å². The molecule has 2 N–H and O–H groups in total. The van der Waals surface area contributed by atoms with Gasteiger partial charge in [0.05, 0.1) is 10.0 Å².